The Hall–Kier alpha value is -1.81. The minimum atomic E-state index is -0.386. The van der Waals surface area contributed by atoms with Crippen LogP contribution in [0.3, 0.4) is 0 Å². The van der Waals surface area contributed by atoms with Gasteiger partial charge in [-0.3, -0.25) is 4.79 Å². The van der Waals surface area contributed by atoms with Crippen LogP contribution in [-0.4, -0.2) is 29.6 Å². The van der Waals surface area contributed by atoms with E-state index in [1.807, 2.05) is 38.1 Å². The highest BCUT2D eigenvalue weighted by Gasteiger charge is 2.27. The van der Waals surface area contributed by atoms with Gasteiger partial charge >= 0.3 is 0 Å². The number of aliphatic hydroxyl groups excluding tert-OH is 1. The first-order valence-electron chi connectivity index (χ1n) is 8.43. The van der Waals surface area contributed by atoms with E-state index in [4.69, 9.17) is 0 Å². The minimum absolute atomic E-state index is 0.0493. The standard InChI is InChI=1S/C19H26N2O2/c1-12-8-17(20-10-13-4-5-13)18(23)15-7-6-14(9-16(12)15)21-19(2,3)11-22/h6-9,12-13,20-22H,4-5,10-11H2,1-3H3. The van der Waals surface area contributed by atoms with Crippen LogP contribution in [-0.2, 0) is 0 Å². The molecule has 0 heterocycles. The number of hydrogen-bond acceptors (Lipinski definition) is 4. The molecule has 1 aromatic rings. The monoisotopic (exact) mass is 314 g/mol. The van der Waals surface area contributed by atoms with Crippen molar-refractivity contribution in [2.24, 2.45) is 5.92 Å². The largest absolute Gasteiger partial charge is 0.394 e. The number of rotatable bonds is 6. The lowest BCUT2D eigenvalue weighted by Crippen LogP contribution is -2.35. The van der Waals surface area contributed by atoms with Crippen LogP contribution in [0.1, 0.15) is 55.5 Å². The second kappa shape index (κ2) is 6.00. The predicted molar refractivity (Wildman–Crippen MR) is 92.8 cm³/mol. The molecule has 1 fully saturated rings. The maximum Gasteiger partial charge on any atom is 0.208 e. The molecule has 4 nitrogen and oxygen atoms in total. The molecule has 2 aliphatic rings. The van der Waals surface area contributed by atoms with Gasteiger partial charge in [0.05, 0.1) is 17.8 Å². The number of fused-ring (bicyclic) bond motifs is 1. The van der Waals surface area contributed by atoms with Gasteiger partial charge in [0.15, 0.2) is 0 Å². The summed E-state index contributed by atoms with van der Waals surface area (Å²) < 4.78 is 0. The number of benzene rings is 1. The van der Waals surface area contributed by atoms with Gasteiger partial charge in [-0.05, 0) is 62.4 Å². The molecule has 1 saturated carbocycles. The quantitative estimate of drug-likeness (QED) is 0.755. The molecule has 0 aliphatic heterocycles. The zero-order valence-electron chi connectivity index (χ0n) is 14.1. The number of aliphatic hydroxyl groups is 1. The van der Waals surface area contributed by atoms with Crippen molar-refractivity contribution in [3.63, 3.8) is 0 Å². The molecular weight excluding hydrogens is 288 g/mol. The summed E-state index contributed by atoms with van der Waals surface area (Å²) in [6.45, 7) is 6.96. The van der Waals surface area contributed by atoms with Crippen molar-refractivity contribution < 1.29 is 9.90 Å². The number of ketones is 1. The molecule has 0 aromatic heterocycles. The lowest BCUT2D eigenvalue weighted by atomic mass is 9.86. The molecule has 4 heteroatoms. The smallest absolute Gasteiger partial charge is 0.208 e. The van der Waals surface area contributed by atoms with Gasteiger partial charge in [-0.25, -0.2) is 0 Å². The third-order valence-corrected chi connectivity index (χ3v) is 4.60. The fourth-order valence-corrected chi connectivity index (χ4v) is 2.93. The zero-order chi connectivity index (χ0) is 16.6. The molecule has 0 spiro atoms. The fourth-order valence-electron chi connectivity index (χ4n) is 2.93. The zero-order valence-corrected chi connectivity index (χ0v) is 14.1. The normalized spacial score (nSPS) is 20.8. The first-order chi connectivity index (χ1) is 10.9. The maximum atomic E-state index is 12.7. The summed E-state index contributed by atoms with van der Waals surface area (Å²) in [6, 6.07) is 5.85. The van der Waals surface area contributed by atoms with E-state index in [1.165, 1.54) is 12.8 Å². The predicted octanol–water partition coefficient (Wildman–Crippen LogP) is 3.05. The van der Waals surface area contributed by atoms with Crippen LogP contribution in [0.2, 0.25) is 0 Å². The third-order valence-electron chi connectivity index (χ3n) is 4.60. The van der Waals surface area contributed by atoms with E-state index in [1.54, 1.807) is 0 Å². The van der Waals surface area contributed by atoms with Crippen molar-refractivity contribution in [3.8, 4) is 0 Å². The molecule has 0 radical (unpaired) electrons. The van der Waals surface area contributed by atoms with E-state index >= 15 is 0 Å². The number of Topliss-reactive ketones (excluding diaryl/α,β-unsaturated/α-hetero) is 1. The summed E-state index contributed by atoms with van der Waals surface area (Å²) >= 11 is 0. The van der Waals surface area contributed by atoms with Gasteiger partial charge < -0.3 is 15.7 Å². The molecule has 1 atom stereocenters. The van der Waals surface area contributed by atoms with Crippen LogP contribution in [0.4, 0.5) is 5.69 Å². The number of hydrogen-bond donors (Lipinski definition) is 3. The van der Waals surface area contributed by atoms with E-state index in [0.717, 1.165) is 35.0 Å². The first-order valence-corrected chi connectivity index (χ1v) is 8.43. The molecule has 1 aromatic carbocycles. The number of allylic oxidation sites excluding steroid dienone is 2. The summed E-state index contributed by atoms with van der Waals surface area (Å²) in [6.07, 6.45) is 4.58. The van der Waals surface area contributed by atoms with Crippen molar-refractivity contribution >= 4 is 11.5 Å². The Bertz CT molecular complexity index is 645. The van der Waals surface area contributed by atoms with Crippen molar-refractivity contribution in [2.75, 3.05) is 18.5 Å². The third kappa shape index (κ3) is 3.58. The second-order valence-corrected chi connectivity index (χ2v) is 7.49. The Morgan fingerprint density at radius 2 is 2.04 bits per heavy atom. The molecule has 124 valence electrons. The highest BCUT2D eigenvalue weighted by atomic mass is 16.3. The molecule has 0 saturated heterocycles. The molecule has 0 bridgehead atoms. The second-order valence-electron chi connectivity index (χ2n) is 7.49. The molecule has 3 N–H and O–H groups in total. The topological polar surface area (TPSA) is 61.4 Å². The van der Waals surface area contributed by atoms with E-state index in [9.17, 15) is 9.90 Å². The van der Waals surface area contributed by atoms with Crippen LogP contribution < -0.4 is 10.6 Å². The molecule has 0 amide bonds. The average molecular weight is 314 g/mol. The van der Waals surface area contributed by atoms with Crippen molar-refractivity contribution in [3.05, 3.63) is 41.1 Å². The summed E-state index contributed by atoms with van der Waals surface area (Å²) in [4.78, 5) is 12.7. The summed E-state index contributed by atoms with van der Waals surface area (Å²) in [5.41, 5.74) is 3.12. The number of carbonyl (C=O) groups excluding carboxylic acids is 1. The van der Waals surface area contributed by atoms with Crippen LogP contribution >= 0.6 is 0 Å². The SMILES string of the molecule is CC1C=C(NCC2CC2)C(=O)c2ccc(NC(C)(C)CO)cc21. The molecule has 23 heavy (non-hydrogen) atoms. The van der Waals surface area contributed by atoms with E-state index < -0.39 is 0 Å². The number of anilines is 1. The highest BCUT2D eigenvalue weighted by Crippen LogP contribution is 2.33. The summed E-state index contributed by atoms with van der Waals surface area (Å²) in [5.74, 6) is 1.03. The van der Waals surface area contributed by atoms with E-state index in [0.29, 0.717) is 0 Å². The number of carbonyl (C=O) groups is 1. The molecule has 1 unspecified atom stereocenters. The van der Waals surface area contributed by atoms with E-state index in [-0.39, 0.29) is 23.8 Å². The molecule has 2 aliphatic carbocycles. The van der Waals surface area contributed by atoms with E-state index in [2.05, 4.69) is 17.6 Å². The van der Waals surface area contributed by atoms with Gasteiger partial charge in [-0.2, -0.15) is 0 Å². The lowest BCUT2D eigenvalue weighted by molar-refractivity contribution is 0.102. The number of nitrogens with one attached hydrogen (secondary N) is 2. The highest BCUT2D eigenvalue weighted by molar-refractivity contribution is 6.10. The van der Waals surface area contributed by atoms with Gasteiger partial charge in [0.2, 0.25) is 5.78 Å². The molecular formula is C19H26N2O2. The summed E-state index contributed by atoms with van der Waals surface area (Å²) in [7, 11) is 0. The Morgan fingerprint density at radius 3 is 2.70 bits per heavy atom. The summed E-state index contributed by atoms with van der Waals surface area (Å²) in [5, 5.41) is 16.0. The fraction of sp³-hybridized carbons (Fsp3) is 0.526. The van der Waals surface area contributed by atoms with Crippen LogP contribution in [0.25, 0.3) is 0 Å². The molecule has 3 rings (SSSR count). The first kappa shape index (κ1) is 16.1. The Kier molecular flexibility index (Phi) is 4.19. The Balaban J connectivity index is 1.80. The lowest BCUT2D eigenvalue weighted by Gasteiger charge is -2.27. The van der Waals surface area contributed by atoms with Gasteiger partial charge in [0.1, 0.15) is 0 Å². The van der Waals surface area contributed by atoms with Gasteiger partial charge in [-0.1, -0.05) is 6.92 Å². The van der Waals surface area contributed by atoms with Crippen molar-refractivity contribution in [1.82, 2.24) is 5.32 Å². The Labute approximate surface area is 138 Å². The minimum Gasteiger partial charge on any atom is -0.394 e. The van der Waals surface area contributed by atoms with Crippen molar-refractivity contribution in [2.45, 2.75) is 45.1 Å². The average Bonchev–Trinajstić information content (AvgIpc) is 3.33. The van der Waals surface area contributed by atoms with Crippen LogP contribution in [0, 0.1) is 5.92 Å². The van der Waals surface area contributed by atoms with Crippen LogP contribution in [0.15, 0.2) is 30.0 Å². The Morgan fingerprint density at radius 1 is 1.30 bits per heavy atom. The van der Waals surface area contributed by atoms with Gasteiger partial charge in [-0.15, -0.1) is 0 Å². The van der Waals surface area contributed by atoms with Crippen molar-refractivity contribution in [1.29, 1.82) is 0 Å². The van der Waals surface area contributed by atoms with Gasteiger partial charge in [0.25, 0.3) is 0 Å². The van der Waals surface area contributed by atoms with Gasteiger partial charge in [0, 0.05) is 23.7 Å². The van der Waals surface area contributed by atoms with Crippen LogP contribution in [0.5, 0.6) is 0 Å². The maximum absolute atomic E-state index is 12.7.